The van der Waals surface area contributed by atoms with Gasteiger partial charge in [0.25, 0.3) is 0 Å². The van der Waals surface area contributed by atoms with E-state index < -0.39 is 0 Å². The number of nitrogens with zero attached hydrogens (tertiary/aromatic N) is 1. The highest BCUT2D eigenvalue weighted by molar-refractivity contribution is 5.91. The number of phenols is 1. The summed E-state index contributed by atoms with van der Waals surface area (Å²) < 4.78 is 0. The van der Waals surface area contributed by atoms with Crippen molar-refractivity contribution < 1.29 is 9.90 Å². The van der Waals surface area contributed by atoms with E-state index in [1.54, 1.807) is 12.1 Å². The second kappa shape index (κ2) is 9.86. The molecule has 0 saturated carbocycles. The van der Waals surface area contributed by atoms with Crippen LogP contribution in [0.25, 0.3) is 6.08 Å². The standard InChI is InChI=1S/C29H31NO2/c1-3-30(4-2)28(32)19-12-21-10-13-23(14-11-21)29-26(22-8-6-5-7-9-22)17-15-24-20-25(31)16-18-27(24)29/h5-14,16,18-20,26,29,31H,3-4,15,17H2,1-2H3/t26-,29+/m1/s1. The molecule has 0 fully saturated rings. The van der Waals surface area contributed by atoms with Crippen molar-refractivity contribution in [3.05, 3.63) is 107 Å². The number of rotatable bonds is 6. The summed E-state index contributed by atoms with van der Waals surface area (Å²) >= 11 is 0. The van der Waals surface area contributed by atoms with Crippen LogP contribution in [0.2, 0.25) is 0 Å². The molecule has 3 aromatic carbocycles. The lowest BCUT2D eigenvalue weighted by Crippen LogP contribution is -2.28. The van der Waals surface area contributed by atoms with Crippen LogP contribution in [0.5, 0.6) is 5.75 Å². The smallest absolute Gasteiger partial charge is 0.246 e. The first-order valence-electron chi connectivity index (χ1n) is 11.5. The average Bonchev–Trinajstić information content (AvgIpc) is 2.83. The highest BCUT2D eigenvalue weighted by Crippen LogP contribution is 2.46. The first-order chi connectivity index (χ1) is 15.6. The van der Waals surface area contributed by atoms with Crippen LogP contribution >= 0.6 is 0 Å². The molecule has 1 aliphatic rings. The van der Waals surface area contributed by atoms with Gasteiger partial charge in [0.1, 0.15) is 5.75 Å². The first-order valence-corrected chi connectivity index (χ1v) is 11.5. The SMILES string of the molecule is CCN(CC)C(=O)C=Cc1ccc([C@@H]2c3ccc(O)cc3CC[C@@H]2c2ccccc2)cc1. The number of benzene rings is 3. The first kappa shape index (κ1) is 21.9. The van der Waals surface area contributed by atoms with Crippen LogP contribution in [0.1, 0.15) is 59.9 Å². The predicted molar refractivity (Wildman–Crippen MR) is 131 cm³/mol. The van der Waals surface area contributed by atoms with Crippen molar-refractivity contribution in [2.45, 2.75) is 38.5 Å². The molecule has 0 unspecified atom stereocenters. The molecule has 2 atom stereocenters. The fraction of sp³-hybridized carbons (Fsp3) is 0.276. The number of fused-ring (bicyclic) bond motifs is 1. The minimum atomic E-state index is 0.0456. The molecule has 32 heavy (non-hydrogen) atoms. The van der Waals surface area contributed by atoms with Crippen LogP contribution in [0.4, 0.5) is 0 Å². The van der Waals surface area contributed by atoms with E-state index in [0.29, 0.717) is 11.7 Å². The van der Waals surface area contributed by atoms with E-state index >= 15 is 0 Å². The van der Waals surface area contributed by atoms with Gasteiger partial charge in [-0.05, 0) is 78.6 Å². The van der Waals surface area contributed by atoms with Crippen molar-refractivity contribution >= 4 is 12.0 Å². The normalized spacial score (nSPS) is 17.8. The van der Waals surface area contributed by atoms with Crippen LogP contribution in [0.15, 0.2) is 78.9 Å². The maximum atomic E-state index is 12.3. The summed E-state index contributed by atoms with van der Waals surface area (Å²) in [5.41, 5.74) is 6.16. The van der Waals surface area contributed by atoms with Gasteiger partial charge in [0.05, 0.1) is 0 Å². The Kier molecular flexibility index (Phi) is 6.75. The fourth-order valence-electron chi connectivity index (χ4n) is 4.90. The highest BCUT2D eigenvalue weighted by Gasteiger charge is 2.32. The summed E-state index contributed by atoms with van der Waals surface area (Å²) in [6, 6.07) is 25.1. The minimum absolute atomic E-state index is 0.0456. The quantitative estimate of drug-likeness (QED) is 0.482. The number of likely N-dealkylation sites (N-methyl/N-ethyl adjacent to an activating group) is 1. The topological polar surface area (TPSA) is 40.5 Å². The van der Waals surface area contributed by atoms with E-state index in [4.69, 9.17) is 0 Å². The van der Waals surface area contributed by atoms with Crippen molar-refractivity contribution in [2.24, 2.45) is 0 Å². The van der Waals surface area contributed by atoms with Crippen molar-refractivity contribution in [1.29, 1.82) is 0 Å². The lowest BCUT2D eigenvalue weighted by atomic mass is 9.69. The Labute approximate surface area is 191 Å². The maximum absolute atomic E-state index is 12.3. The van der Waals surface area contributed by atoms with E-state index in [0.717, 1.165) is 31.5 Å². The molecule has 0 heterocycles. The second-order valence-electron chi connectivity index (χ2n) is 8.43. The zero-order valence-electron chi connectivity index (χ0n) is 18.9. The molecule has 3 nitrogen and oxygen atoms in total. The van der Waals surface area contributed by atoms with Gasteiger partial charge in [0.2, 0.25) is 5.91 Å². The molecule has 4 rings (SSSR count). The molecule has 3 aromatic rings. The number of carbonyl (C=O) groups is 1. The molecule has 1 aliphatic carbocycles. The van der Waals surface area contributed by atoms with Gasteiger partial charge in [-0.15, -0.1) is 0 Å². The van der Waals surface area contributed by atoms with Crippen molar-refractivity contribution in [1.82, 2.24) is 4.90 Å². The van der Waals surface area contributed by atoms with Crippen LogP contribution in [-0.2, 0) is 11.2 Å². The summed E-state index contributed by atoms with van der Waals surface area (Å²) in [7, 11) is 0. The Morgan fingerprint density at radius 3 is 2.38 bits per heavy atom. The molecule has 1 amide bonds. The number of hydrogen-bond acceptors (Lipinski definition) is 2. The molecule has 1 N–H and O–H groups in total. The highest BCUT2D eigenvalue weighted by atomic mass is 16.3. The molecule has 0 aliphatic heterocycles. The van der Waals surface area contributed by atoms with E-state index in [9.17, 15) is 9.90 Å². The summed E-state index contributed by atoms with van der Waals surface area (Å²) in [4.78, 5) is 14.1. The van der Waals surface area contributed by atoms with Gasteiger partial charge in [-0.2, -0.15) is 0 Å². The Morgan fingerprint density at radius 2 is 1.69 bits per heavy atom. The maximum Gasteiger partial charge on any atom is 0.246 e. The van der Waals surface area contributed by atoms with E-state index in [2.05, 4.69) is 60.7 Å². The molecule has 0 aromatic heterocycles. The number of hydrogen-bond donors (Lipinski definition) is 1. The number of carbonyl (C=O) groups excluding carboxylic acids is 1. The Hall–Kier alpha value is -3.33. The Morgan fingerprint density at radius 1 is 0.969 bits per heavy atom. The molecule has 0 spiro atoms. The predicted octanol–water partition coefficient (Wildman–Crippen LogP) is 6.14. The van der Waals surface area contributed by atoms with Gasteiger partial charge in [0.15, 0.2) is 0 Å². The van der Waals surface area contributed by atoms with Gasteiger partial charge < -0.3 is 10.0 Å². The third-order valence-corrected chi connectivity index (χ3v) is 6.61. The fourth-order valence-corrected chi connectivity index (χ4v) is 4.90. The van der Waals surface area contributed by atoms with Crippen LogP contribution in [0, 0.1) is 0 Å². The van der Waals surface area contributed by atoms with Crippen LogP contribution < -0.4 is 0 Å². The molecule has 0 bridgehead atoms. The number of aromatic hydroxyl groups is 1. The number of phenolic OH excluding ortho intramolecular Hbond substituents is 1. The van der Waals surface area contributed by atoms with Gasteiger partial charge in [-0.1, -0.05) is 60.7 Å². The van der Waals surface area contributed by atoms with Crippen LogP contribution in [-0.4, -0.2) is 29.0 Å². The van der Waals surface area contributed by atoms with Gasteiger partial charge >= 0.3 is 0 Å². The second-order valence-corrected chi connectivity index (χ2v) is 8.43. The van der Waals surface area contributed by atoms with Crippen molar-refractivity contribution in [3.63, 3.8) is 0 Å². The van der Waals surface area contributed by atoms with Gasteiger partial charge in [-0.3, -0.25) is 4.79 Å². The van der Waals surface area contributed by atoms with Crippen LogP contribution in [0.3, 0.4) is 0 Å². The summed E-state index contributed by atoms with van der Waals surface area (Å²) in [6.45, 7) is 5.43. The third kappa shape index (κ3) is 4.62. The zero-order chi connectivity index (χ0) is 22.5. The molecule has 164 valence electrons. The number of aryl methyl sites for hydroxylation is 1. The monoisotopic (exact) mass is 425 g/mol. The average molecular weight is 426 g/mol. The van der Waals surface area contributed by atoms with E-state index in [1.165, 1.54) is 22.3 Å². The lowest BCUT2D eigenvalue weighted by molar-refractivity contribution is -0.125. The van der Waals surface area contributed by atoms with Crippen molar-refractivity contribution in [2.75, 3.05) is 13.1 Å². The largest absolute Gasteiger partial charge is 0.508 e. The van der Waals surface area contributed by atoms with Gasteiger partial charge in [-0.25, -0.2) is 0 Å². The Bertz CT molecular complexity index is 1080. The minimum Gasteiger partial charge on any atom is -0.508 e. The molecular formula is C29H31NO2. The lowest BCUT2D eigenvalue weighted by Gasteiger charge is -2.34. The molecule has 3 heteroatoms. The third-order valence-electron chi connectivity index (χ3n) is 6.61. The van der Waals surface area contributed by atoms with E-state index in [-0.39, 0.29) is 11.8 Å². The summed E-state index contributed by atoms with van der Waals surface area (Å²) in [6.07, 6.45) is 5.57. The van der Waals surface area contributed by atoms with E-state index in [1.807, 2.05) is 30.9 Å². The summed E-state index contributed by atoms with van der Waals surface area (Å²) in [5, 5.41) is 10.0. The van der Waals surface area contributed by atoms with Gasteiger partial charge in [0, 0.05) is 25.1 Å². The zero-order valence-corrected chi connectivity index (χ0v) is 18.9. The Balaban J connectivity index is 1.65. The number of amides is 1. The molecule has 0 radical (unpaired) electrons. The van der Waals surface area contributed by atoms with Crippen molar-refractivity contribution in [3.8, 4) is 5.75 Å². The summed E-state index contributed by atoms with van der Waals surface area (Å²) in [5.74, 6) is 0.999. The molecule has 0 saturated heterocycles. The molecular weight excluding hydrogens is 394 g/mol.